The van der Waals surface area contributed by atoms with Gasteiger partial charge in [-0.2, -0.15) is 0 Å². The third kappa shape index (κ3) is 3.63. The highest BCUT2D eigenvalue weighted by atomic mass is 79.9. The standard InChI is InChI=1S/C14H12Br2F2N2/c15-10-2-4-12(17)9(5-10)7-14(20-19)8-1-3-11(16)13(18)6-8/h1-6,14,20H,7,19H2. The van der Waals surface area contributed by atoms with Gasteiger partial charge < -0.3 is 0 Å². The van der Waals surface area contributed by atoms with Gasteiger partial charge >= 0.3 is 0 Å². The van der Waals surface area contributed by atoms with Crippen LogP contribution in [0.1, 0.15) is 17.2 Å². The van der Waals surface area contributed by atoms with Crippen molar-refractivity contribution in [3.05, 3.63) is 68.1 Å². The molecule has 2 nitrogen and oxygen atoms in total. The Kier molecular flexibility index (Phi) is 5.26. The Hall–Kier alpha value is -0.820. The molecule has 0 aliphatic heterocycles. The summed E-state index contributed by atoms with van der Waals surface area (Å²) in [5, 5.41) is 0. The van der Waals surface area contributed by atoms with E-state index in [2.05, 4.69) is 37.3 Å². The van der Waals surface area contributed by atoms with Gasteiger partial charge in [-0.25, -0.2) is 8.78 Å². The predicted molar refractivity (Wildman–Crippen MR) is 82.0 cm³/mol. The van der Waals surface area contributed by atoms with Crippen molar-refractivity contribution < 1.29 is 8.78 Å². The van der Waals surface area contributed by atoms with Crippen LogP contribution in [-0.4, -0.2) is 0 Å². The van der Waals surface area contributed by atoms with E-state index in [1.165, 1.54) is 12.1 Å². The number of hydrogen-bond donors (Lipinski definition) is 2. The van der Waals surface area contributed by atoms with E-state index < -0.39 is 0 Å². The maximum absolute atomic E-state index is 13.8. The van der Waals surface area contributed by atoms with Crippen LogP contribution in [0.5, 0.6) is 0 Å². The van der Waals surface area contributed by atoms with Gasteiger partial charge in [-0.3, -0.25) is 11.3 Å². The number of hydrazine groups is 1. The molecule has 0 saturated heterocycles. The number of rotatable bonds is 4. The van der Waals surface area contributed by atoms with Crippen molar-refractivity contribution in [3.63, 3.8) is 0 Å². The molecule has 1 atom stereocenters. The lowest BCUT2D eigenvalue weighted by Crippen LogP contribution is -2.29. The Balaban J connectivity index is 2.28. The SMILES string of the molecule is NNC(Cc1cc(Br)ccc1F)c1ccc(Br)c(F)c1. The van der Waals surface area contributed by atoms with Gasteiger partial charge in [0.25, 0.3) is 0 Å². The zero-order valence-corrected chi connectivity index (χ0v) is 13.5. The highest BCUT2D eigenvalue weighted by Gasteiger charge is 2.15. The Bertz CT molecular complexity index is 620. The van der Waals surface area contributed by atoms with Crippen LogP contribution in [0, 0.1) is 11.6 Å². The minimum Gasteiger partial charge on any atom is -0.271 e. The molecule has 2 rings (SSSR count). The van der Waals surface area contributed by atoms with Crippen molar-refractivity contribution >= 4 is 31.9 Å². The molecule has 2 aromatic rings. The van der Waals surface area contributed by atoms with Crippen LogP contribution in [0.15, 0.2) is 45.3 Å². The van der Waals surface area contributed by atoms with E-state index in [4.69, 9.17) is 5.84 Å². The third-order valence-electron chi connectivity index (χ3n) is 2.98. The highest BCUT2D eigenvalue weighted by Crippen LogP contribution is 2.25. The molecule has 0 spiro atoms. The van der Waals surface area contributed by atoms with Crippen LogP contribution in [0.3, 0.4) is 0 Å². The Labute approximate surface area is 132 Å². The zero-order chi connectivity index (χ0) is 14.7. The summed E-state index contributed by atoms with van der Waals surface area (Å²) in [7, 11) is 0. The van der Waals surface area contributed by atoms with Gasteiger partial charge in [-0.15, -0.1) is 0 Å². The quantitative estimate of drug-likeness (QED) is 0.589. The second-order valence-electron chi connectivity index (χ2n) is 4.33. The minimum atomic E-state index is -0.377. The zero-order valence-electron chi connectivity index (χ0n) is 10.3. The fourth-order valence-corrected chi connectivity index (χ4v) is 2.58. The molecule has 0 aliphatic rings. The van der Waals surface area contributed by atoms with Gasteiger partial charge in [0.05, 0.1) is 10.5 Å². The molecule has 0 aliphatic carbocycles. The molecule has 0 amide bonds. The highest BCUT2D eigenvalue weighted by molar-refractivity contribution is 9.10. The summed E-state index contributed by atoms with van der Waals surface area (Å²) in [5.41, 5.74) is 3.76. The molecule has 3 N–H and O–H groups in total. The Morgan fingerprint density at radius 3 is 2.45 bits per heavy atom. The molecule has 1 unspecified atom stereocenters. The molecular formula is C14H12Br2F2N2. The Morgan fingerprint density at radius 2 is 1.80 bits per heavy atom. The first kappa shape index (κ1) is 15.6. The van der Waals surface area contributed by atoms with Gasteiger partial charge in [0, 0.05) is 4.47 Å². The number of benzene rings is 2. The second-order valence-corrected chi connectivity index (χ2v) is 6.10. The van der Waals surface area contributed by atoms with Crippen LogP contribution in [0.4, 0.5) is 8.78 Å². The lowest BCUT2D eigenvalue weighted by atomic mass is 9.99. The van der Waals surface area contributed by atoms with E-state index in [0.717, 1.165) is 4.47 Å². The molecule has 0 aromatic heterocycles. The average Bonchev–Trinajstić information content (AvgIpc) is 2.43. The van der Waals surface area contributed by atoms with E-state index in [1.807, 2.05) is 0 Å². The van der Waals surface area contributed by atoms with E-state index in [-0.39, 0.29) is 17.7 Å². The summed E-state index contributed by atoms with van der Waals surface area (Å²) >= 11 is 6.40. The number of nitrogens with one attached hydrogen (secondary N) is 1. The lowest BCUT2D eigenvalue weighted by molar-refractivity contribution is 0.524. The molecule has 0 saturated carbocycles. The minimum absolute atomic E-state index is 0.314. The van der Waals surface area contributed by atoms with Crippen molar-refractivity contribution in [2.24, 2.45) is 5.84 Å². The largest absolute Gasteiger partial charge is 0.271 e. The van der Waals surface area contributed by atoms with E-state index >= 15 is 0 Å². The lowest BCUT2D eigenvalue weighted by Gasteiger charge is -2.17. The number of hydrogen-bond acceptors (Lipinski definition) is 2. The summed E-state index contributed by atoms with van der Waals surface area (Å²) in [6.07, 6.45) is 0.322. The summed E-state index contributed by atoms with van der Waals surface area (Å²) in [5.74, 6) is 4.82. The molecular weight excluding hydrogens is 394 g/mol. The summed E-state index contributed by atoms with van der Waals surface area (Å²) < 4.78 is 28.5. The molecule has 20 heavy (non-hydrogen) atoms. The van der Waals surface area contributed by atoms with Crippen LogP contribution in [-0.2, 0) is 6.42 Å². The first-order valence-electron chi connectivity index (χ1n) is 5.86. The van der Waals surface area contributed by atoms with Gasteiger partial charge in [-0.05, 0) is 63.8 Å². The fourth-order valence-electron chi connectivity index (χ4n) is 1.92. The second kappa shape index (κ2) is 6.76. The van der Waals surface area contributed by atoms with Crippen molar-refractivity contribution in [1.29, 1.82) is 0 Å². The smallest absolute Gasteiger partial charge is 0.137 e. The maximum Gasteiger partial charge on any atom is 0.137 e. The normalized spacial score (nSPS) is 12.4. The number of nitrogens with two attached hydrogens (primary N) is 1. The predicted octanol–water partition coefficient (Wildman–Crippen LogP) is 4.24. The first-order valence-corrected chi connectivity index (χ1v) is 7.45. The van der Waals surface area contributed by atoms with Crippen LogP contribution in [0.2, 0.25) is 0 Å². The third-order valence-corrected chi connectivity index (χ3v) is 4.12. The molecule has 106 valence electrons. The van der Waals surface area contributed by atoms with Gasteiger partial charge in [0.2, 0.25) is 0 Å². The van der Waals surface area contributed by atoms with E-state index in [1.54, 1.807) is 24.3 Å². The van der Waals surface area contributed by atoms with Crippen LogP contribution >= 0.6 is 31.9 Å². The van der Waals surface area contributed by atoms with Crippen LogP contribution < -0.4 is 11.3 Å². The summed E-state index contributed by atoms with van der Waals surface area (Å²) in [4.78, 5) is 0. The van der Waals surface area contributed by atoms with Gasteiger partial charge in [0.1, 0.15) is 11.6 Å². The Morgan fingerprint density at radius 1 is 1.05 bits per heavy atom. The van der Waals surface area contributed by atoms with E-state index in [9.17, 15) is 8.78 Å². The molecule has 0 fully saturated rings. The topological polar surface area (TPSA) is 38.0 Å². The molecule has 0 heterocycles. The average molecular weight is 406 g/mol. The van der Waals surface area contributed by atoms with Crippen molar-refractivity contribution in [2.75, 3.05) is 0 Å². The van der Waals surface area contributed by atoms with Crippen molar-refractivity contribution in [1.82, 2.24) is 5.43 Å². The summed E-state index contributed by atoms with van der Waals surface area (Å²) in [6, 6.07) is 9.05. The van der Waals surface area contributed by atoms with Gasteiger partial charge in [0.15, 0.2) is 0 Å². The van der Waals surface area contributed by atoms with Crippen molar-refractivity contribution in [3.8, 4) is 0 Å². The monoisotopic (exact) mass is 404 g/mol. The molecule has 6 heteroatoms. The first-order chi connectivity index (χ1) is 9.51. The number of halogens is 4. The molecule has 0 radical (unpaired) electrons. The van der Waals surface area contributed by atoms with Crippen molar-refractivity contribution in [2.45, 2.75) is 12.5 Å². The maximum atomic E-state index is 13.8. The fraction of sp³-hybridized carbons (Fsp3) is 0.143. The van der Waals surface area contributed by atoms with Crippen LogP contribution in [0.25, 0.3) is 0 Å². The molecule has 0 bridgehead atoms. The van der Waals surface area contributed by atoms with Gasteiger partial charge in [-0.1, -0.05) is 22.0 Å². The summed E-state index contributed by atoms with van der Waals surface area (Å²) in [6.45, 7) is 0. The van der Waals surface area contributed by atoms with E-state index in [0.29, 0.717) is 22.0 Å². The molecule has 2 aromatic carbocycles.